The number of carbonyl (C=O) groups is 2. The predicted octanol–water partition coefficient (Wildman–Crippen LogP) is 4.41. The first-order valence-electron chi connectivity index (χ1n) is 7.81. The van der Waals surface area contributed by atoms with Crippen LogP contribution in [0.4, 0.5) is 0 Å². The maximum absolute atomic E-state index is 13.0. The van der Waals surface area contributed by atoms with Crippen LogP contribution in [0.1, 0.15) is 35.7 Å². The van der Waals surface area contributed by atoms with E-state index in [0.29, 0.717) is 21.2 Å². The summed E-state index contributed by atoms with van der Waals surface area (Å²) in [6.07, 6.45) is -0.193. The van der Waals surface area contributed by atoms with Crippen molar-refractivity contribution >= 4 is 35.0 Å². The third kappa shape index (κ3) is 4.82. The molecule has 1 unspecified atom stereocenters. The zero-order valence-corrected chi connectivity index (χ0v) is 15.2. The van der Waals surface area contributed by atoms with Gasteiger partial charge < -0.3 is 9.84 Å². The predicted molar refractivity (Wildman–Crippen MR) is 97.0 cm³/mol. The van der Waals surface area contributed by atoms with Gasteiger partial charge in [0.2, 0.25) is 0 Å². The lowest BCUT2D eigenvalue weighted by Gasteiger charge is -2.27. The highest BCUT2D eigenvalue weighted by molar-refractivity contribution is 6.31. The maximum atomic E-state index is 13.0. The van der Waals surface area contributed by atoms with Crippen LogP contribution < -0.4 is 0 Å². The SMILES string of the molecule is CCOC(=O)CCC(O)(C(=O)c1ccc(Cl)cc1)c1ccc(Cl)cc1. The summed E-state index contributed by atoms with van der Waals surface area (Å²) in [7, 11) is 0. The van der Waals surface area contributed by atoms with Crippen LogP contribution in [-0.4, -0.2) is 23.5 Å². The average molecular weight is 381 g/mol. The molecular formula is C19H18Cl2O4. The third-order valence-corrected chi connectivity index (χ3v) is 4.30. The van der Waals surface area contributed by atoms with Gasteiger partial charge in [-0.1, -0.05) is 35.3 Å². The smallest absolute Gasteiger partial charge is 0.305 e. The van der Waals surface area contributed by atoms with Crippen LogP contribution in [0.5, 0.6) is 0 Å². The minimum Gasteiger partial charge on any atom is -0.466 e. The van der Waals surface area contributed by atoms with Crippen molar-refractivity contribution in [1.82, 2.24) is 0 Å². The molecule has 6 heteroatoms. The fourth-order valence-electron chi connectivity index (χ4n) is 2.47. The van der Waals surface area contributed by atoms with E-state index in [0.717, 1.165) is 0 Å². The Morgan fingerprint density at radius 2 is 1.52 bits per heavy atom. The van der Waals surface area contributed by atoms with E-state index in [1.807, 2.05) is 0 Å². The van der Waals surface area contributed by atoms with Gasteiger partial charge in [-0.15, -0.1) is 0 Å². The first-order valence-corrected chi connectivity index (χ1v) is 8.57. The number of aliphatic hydroxyl groups is 1. The van der Waals surface area contributed by atoms with Crippen LogP contribution in [-0.2, 0) is 15.1 Å². The van der Waals surface area contributed by atoms with Crippen molar-refractivity contribution in [2.75, 3.05) is 6.61 Å². The van der Waals surface area contributed by atoms with Crippen LogP contribution in [0, 0.1) is 0 Å². The zero-order chi connectivity index (χ0) is 18.4. The second-order valence-corrected chi connectivity index (χ2v) is 6.38. The molecule has 132 valence electrons. The van der Waals surface area contributed by atoms with E-state index in [1.54, 1.807) is 43.3 Å². The number of ketones is 1. The first kappa shape index (κ1) is 19.4. The summed E-state index contributed by atoms with van der Waals surface area (Å²) in [5.74, 6) is -0.991. The standard InChI is InChI=1S/C19H18Cl2O4/c1-2-25-17(22)11-12-19(24,14-5-9-16(21)10-6-14)18(23)13-3-7-15(20)8-4-13/h3-10,24H,2,11-12H2,1H3. The first-order chi connectivity index (χ1) is 11.9. The molecule has 0 spiro atoms. The molecule has 0 aromatic heterocycles. The molecule has 25 heavy (non-hydrogen) atoms. The van der Waals surface area contributed by atoms with E-state index in [2.05, 4.69) is 0 Å². The van der Waals surface area contributed by atoms with E-state index >= 15 is 0 Å². The Kier molecular flexibility index (Phi) is 6.59. The van der Waals surface area contributed by atoms with E-state index in [-0.39, 0.29) is 19.4 Å². The Bertz CT molecular complexity index is 741. The molecule has 0 radical (unpaired) electrons. The number of carbonyl (C=O) groups excluding carboxylic acids is 2. The Morgan fingerprint density at radius 1 is 1.00 bits per heavy atom. The Morgan fingerprint density at radius 3 is 2.04 bits per heavy atom. The molecular weight excluding hydrogens is 363 g/mol. The van der Waals surface area contributed by atoms with E-state index in [9.17, 15) is 14.7 Å². The fourth-order valence-corrected chi connectivity index (χ4v) is 2.72. The van der Waals surface area contributed by atoms with Gasteiger partial charge in [-0.05, 0) is 55.3 Å². The largest absolute Gasteiger partial charge is 0.466 e. The Hall–Kier alpha value is -1.88. The van der Waals surface area contributed by atoms with Gasteiger partial charge in [-0.25, -0.2) is 0 Å². The van der Waals surface area contributed by atoms with Crippen molar-refractivity contribution < 1.29 is 19.4 Å². The van der Waals surface area contributed by atoms with Crippen LogP contribution in [0.3, 0.4) is 0 Å². The number of Topliss-reactive ketones (excluding diaryl/α,β-unsaturated/α-hetero) is 1. The molecule has 2 aromatic carbocycles. The van der Waals surface area contributed by atoms with Crippen LogP contribution in [0.2, 0.25) is 10.0 Å². The summed E-state index contributed by atoms with van der Waals surface area (Å²) >= 11 is 11.7. The van der Waals surface area contributed by atoms with Gasteiger partial charge in [0.25, 0.3) is 0 Å². The van der Waals surface area contributed by atoms with E-state index < -0.39 is 17.4 Å². The molecule has 1 atom stereocenters. The highest BCUT2D eigenvalue weighted by atomic mass is 35.5. The van der Waals surface area contributed by atoms with Crippen molar-refractivity contribution in [3.63, 3.8) is 0 Å². The third-order valence-electron chi connectivity index (χ3n) is 3.80. The molecule has 0 aliphatic heterocycles. The number of hydrogen-bond donors (Lipinski definition) is 1. The van der Waals surface area contributed by atoms with Gasteiger partial charge in [-0.2, -0.15) is 0 Å². The topological polar surface area (TPSA) is 63.6 Å². The molecule has 0 saturated carbocycles. The van der Waals surface area contributed by atoms with E-state index in [1.165, 1.54) is 12.1 Å². The summed E-state index contributed by atoms with van der Waals surface area (Å²) < 4.78 is 4.89. The number of rotatable bonds is 7. The highest BCUT2D eigenvalue weighted by Gasteiger charge is 2.38. The summed E-state index contributed by atoms with van der Waals surface area (Å²) in [4.78, 5) is 24.7. The normalized spacial score (nSPS) is 13.1. The summed E-state index contributed by atoms with van der Waals surface area (Å²) in [5.41, 5.74) is -1.21. The number of hydrogen-bond acceptors (Lipinski definition) is 4. The zero-order valence-electron chi connectivity index (χ0n) is 13.7. The van der Waals surface area contributed by atoms with Crippen molar-refractivity contribution in [2.24, 2.45) is 0 Å². The molecule has 0 aliphatic rings. The Balaban J connectivity index is 2.36. The lowest BCUT2D eigenvalue weighted by Crippen LogP contribution is -2.36. The van der Waals surface area contributed by atoms with Crippen molar-refractivity contribution in [3.8, 4) is 0 Å². The van der Waals surface area contributed by atoms with Crippen LogP contribution >= 0.6 is 23.2 Å². The molecule has 4 nitrogen and oxygen atoms in total. The second kappa shape index (κ2) is 8.48. The number of halogens is 2. The van der Waals surface area contributed by atoms with Crippen LogP contribution in [0.15, 0.2) is 48.5 Å². The van der Waals surface area contributed by atoms with Crippen molar-refractivity contribution in [2.45, 2.75) is 25.4 Å². The van der Waals surface area contributed by atoms with Gasteiger partial charge >= 0.3 is 5.97 Å². The number of esters is 1. The lowest BCUT2D eigenvalue weighted by molar-refractivity contribution is -0.144. The Labute approximate surface area is 156 Å². The second-order valence-electron chi connectivity index (χ2n) is 5.51. The molecule has 0 heterocycles. The monoisotopic (exact) mass is 380 g/mol. The number of ether oxygens (including phenoxy) is 1. The summed E-state index contributed by atoms with van der Waals surface area (Å²) in [6.45, 7) is 1.94. The maximum Gasteiger partial charge on any atom is 0.305 e. The van der Waals surface area contributed by atoms with Crippen molar-refractivity contribution in [1.29, 1.82) is 0 Å². The molecule has 2 aromatic rings. The van der Waals surface area contributed by atoms with E-state index in [4.69, 9.17) is 27.9 Å². The van der Waals surface area contributed by atoms with Gasteiger partial charge in [0.15, 0.2) is 11.4 Å². The van der Waals surface area contributed by atoms with Gasteiger partial charge in [-0.3, -0.25) is 9.59 Å². The average Bonchev–Trinajstić information content (AvgIpc) is 2.60. The molecule has 1 N–H and O–H groups in total. The summed E-state index contributed by atoms with van der Waals surface area (Å²) in [6, 6.07) is 12.5. The quantitative estimate of drug-likeness (QED) is 0.570. The molecule has 2 rings (SSSR count). The minimum atomic E-state index is -1.87. The lowest BCUT2D eigenvalue weighted by atomic mass is 9.82. The molecule has 0 amide bonds. The highest BCUT2D eigenvalue weighted by Crippen LogP contribution is 2.32. The van der Waals surface area contributed by atoms with Crippen LogP contribution in [0.25, 0.3) is 0 Å². The van der Waals surface area contributed by atoms with Gasteiger partial charge in [0.1, 0.15) is 0 Å². The van der Waals surface area contributed by atoms with Gasteiger partial charge in [0.05, 0.1) is 6.61 Å². The van der Waals surface area contributed by atoms with Gasteiger partial charge in [0, 0.05) is 22.0 Å². The molecule has 0 bridgehead atoms. The minimum absolute atomic E-state index is 0.0910. The molecule has 0 saturated heterocycles. The van der Waals surface area contributed by atoms with Crippen molar-refractivity contribution in [3.05, 3.63) is 69.7 Å². The number of benzene rings is 2. The molecule has 0 aliphatic carbocycles. The fraction of sp³-hybridized carbons (Fsp3) is 0.263. The molecule has 0 fully saturated rings. The summed E-state index contributed by atoms with van der Waals surface area (Å²) in [5, 5.41) is 12.1.